The van der Waals surface area contributed by atoms with Gasteiger partial charge in [0.05, 0.1) is 5.25 Å². The highest BCUT2D eigenvalue weighted by Crippen LogP contribution is 2.26. The van der Waals surface area contributed by atoms with E-state index in [1.165, 1.54) is 11.3 Å². The van der Waals surface area contributed by atoms with Gasteiger partial charge >= 0.3 is 0 Å². The lowest BCUT2D eigenvalue weighted by molar-refractivity contribution is -0.115. The first-order valence-corrected chi connectivity index (χ1v) is 7.71. The van der Waals surface area contributed by atoms with Crippen LogP contribution in [0.25, 0.3) is 0 Å². The fourth-order valence-corrected chi connectivity index (χ4v) is 3.09. The molecule has 6 heteroatoms. The van der Waals surface area contributed by atoms with Crippen molar-refractivity contribution in [3.8, 4) is 0 Å². The van der Waals surface area contributed by atoms with E-state index >= 15 is 0 Å². The van der Waals surface area contributed by atoms with Crippen molar-refractivity contribution < 1.29 is 4.79 Å². The zero-order chi connectivity index (χ0) is 13.7. The van der Waals surface area contributed by atoms with Crippen molar-refractivity contribution >= 4 is 34.1 Å². The van der Waals surface area contributed by atoms with Crippen molar-refractivity contribution in [1.82, 2.24) is 10.2 Å². The molecule has 1 unspecified atom stereocenters. The molecule has 0 saturated carbocycles. The Kier molecular flexibility index (Phi) is 4.93. The molecule has 1 N–H and O–H groups in total. The van der Waals surface area contributed by atoms with E-state index in [4.69, 9.17) is 0 Å². The second kappa shape index (κ2) is 6.68. The topological polar surface area (TPSA) is 54.9 Å². The highest BCUT2D eigenvalue weighted by molar-refractivity contribution is 8.00. The van der Waals surface area contributed by atoms with Crippen molar-refractivity contribution in [1.29, 1.82) is 0 Å². The van der Waals surface area contributed by atoms with Crippen LogP contribution < -0.4 is 5.32 Å². The Morgan fingerprint density at radius 2 is 2.11 bits per heavy atom. The number of hydrogen-bond acceptors (Lipinski definition) is 5. The number of thioether (sulfide) groups is 1. The quantitative estimate of drug-likeness (QED) is 0.859. The van der Waals surface area contributed by atoms with E-state index in [9.17, 15) is 4.79 Å². The molecule has 2 aromatic rings. The van der Waals surface area contributed by atoms with Crippen molar-refractivity contribution in [2.24, 2.45) is 0 Å². The summed E-state index contributed by atoms with van der Waals surface area (Å²) >= 11 is 2.95. The van der Waals surface area contributed by atoms with E-state index in [-0.39, 0.29) is 11.2 Å². The van der Waals surface area contributed by atoms with Crippen LogP contribution >= 0.6 is 23.1 Å². The summed E-state index contributed by atoms with van der Waals surface area (Å²) in [4.78, 5) is 13.3. The number of benzene rings is 1. The van der Waals surface area contributed by atoms with Gasteiger partial charge in [-0.2, -0.15) is 0 Å². The minimum absolute atomic E-state index is 0.0208. The van der Waals surface area contributed by atoms with Crippen LogP contribution in [-0.4, -0.2) is 21.4 Å². The number of aromatic nitrogens is 2. The lowest BCUT2D eigenvalue weighted by Gasteiger charge is -2.13. The Balaban J connectivity index is 1.99. The molecule has 1 aromatic carbocycles. The monoisotopic (exact) mass is 293 g/mol. The third-order valence-corrected chi connectivity index (χ3v) is 4.57. The van der Waals surface area contributed by atoms with E-state index in [2.05, 4.69) is 15.5 Å². The lowest BCUT2D eigenvalue weighted by Crippen LogP contribution is -2.24. The fourth-order valence-electron chi connectivity index (χ4n) is 1.52. The molecule has 4 nitrogen and oxygen atoms in total. The van der Waals surface area contributed by atoms with Gasteiger partial charge in [-0.1, -0.05) is 36.5 Å². The van der Waals surface area contributed by atoms with Gasteiger partial charge in [0.25, 0.3) is 0 Å². The molecule has 0 radical (unpaired) electrons. The van der Waals surface area contributed by atoms with Crippen molar-refractivity contribution in [2.45, 2.75) is 30.4 Å². The van der Waals surface area contributed by atoms with E-state index < -0.39 is 0 Å². The Morgan fingerprint density at radius 1 is 1.37 bits per heavy atom. The predicted octanol–water partition coefficient (Wildman–Crippen LogP) is 3.36. The molecular formula is C13H15N3OS2. The van der Waals surface area contributed by atoms with Crippen molar-refractivity contribution in [3.05, 3.63) is 35.3 Å². The zero-order valence-electron chi connectivity index (χ0n) is 10.8. The van der Waals surface area contributed by atoms with Crippen LogP contribution in [0, 0.1) is 6.92 Å². The van der Waals surface area contributed by atoms with E-state index in [0.29, 0.717) is 5.13 Å². The summed E-state index contributed by atoms with van der Waals surface area (Å²) in [6.07, 6.45) is 0.767. The molecule has 2 rings (SSSR count). The Labute approximate surface area is 120 Å². The van der Waals surface area contributed by atoms with Gasteiger partial charge in [0.2, 0.25) is 11.0 Å². The number of rotatable bonds is 5. The SMILES string of the molecule is CCC(Sc1ccccc1)C(=O)Nc1nnc(C)s1. The number of carbonyl (C=O) groups excluding carboxylic acids is 1. The third-order valence-electron chi connectivity index (χ3n) is 2.44. The predicted molar refractivity (Wildman–Crippen MR) is 79.7 cm³/mol. The number of anilines is 1. The maximum atomic E-state index is 12.2. The van der Waals surface area contributed by atoms with Gasteiger partial charge in [0.1, 0.15) is 5.01 Å². The summed E-state index contributed by atoms with van der Waals surface area (Å²) in [7, 11) is 0. The van der Waals surface area contributed by atoms with Crippen LogP contribution in [0.15, 0.2) is 35.2 Å². The summed E-state index contributed by atoms with van der Waals surface area (Å²) in [5.74, 6) is -0.0208. The van der Waals surface area contributed by atoms with Crippen molar-refractivity contribution in [3.63, 3.8) is 0 Å². The normalized spacial score (nSPS) is 12.1. The first-order chi connectivity index (χ1) is 9.19. The van der Waals surface area contributed by atoms with E-state index in [1.807, 2.05) is 44.2 Å². The Hall–Kier alpha value is -1.40. The molecular weight excluding hydrogens is 278 g/mol. The van der Waals surface area contributed by atoms with Gasteiger partial charge < -0.3 is 0 Å². The number of amides is 1. The molecule has 1 aromatic heterocycles. The minimum atomic E-state index is -0.119. The average molecular weight is 293 g/mol. The highest BCUT2D eigenvalue weighted by atomic mass is 32.2. The molecule has 1 amide bonds. The van der Waals surface area contributed by atoms with Crippen LogP contribution in [-0.2, 0) is 4.79 Å². The summed E-state index contributed by atoms with van der Waals surface area (Å²) in [5, 5.41) is 11.9. The first-order valence-electron chi connectivity index (χ1n) is 6.01. The van der Waals surface area contributed by atoms with Crippen LogP contribution in [0.3, 0.4) is 0 Å². The van der Waals surface area contributed by atoms with E-state index in [0.717, 1.165) is 16.3 Å². The van der Waals surface area contributed by atoms with Crippen molar-refractivity contribution in [2.75, 3.05) is 5.32 Å². The third kappa shape index (κ3) is 4.04. The second-order valence-electron chi connectivity index (χ2n) is 3.94. The Bertz CT molecular complexity index is 542. The second-order valence-corrected chi connectivity index (χ2v) is 6.40. The molecule has 0 aliphatic heterocycles. The molecule has 0 aliphatic carbocycles. The minimum Gasteiger partial charge on any atom is -0.300 e. The molecule has 0 aliphatic rings. The first kappa shape index (κ1) is 14.0. The van der Waals surface area contributed by atoms with Crippen LogP contribution in [0.4, 0.5) is 5.13 Å². The van der Waals surface area contributed by atoms with Crippen LogP contribution in [0.5, 0.6) is 0 Å². The summed E-state index contributed by atoms with van der Waals surface area (Å²) in [6.45, 7) is 3.87. The van der Waals surface area contributed by atoms with Gasteiger partial charge in [-0.15, -0.1) is 22.0 Å². The van der Waals surface area contributed by atoms with Gasteiger partial charge in [-0.25, -0.2) is 0 Å². The van der Waals surface area contributed by atoms with Gasteiger partial charge in [0, 0.05) is 4.90 Å². The molecule has 1 atom stereocenters. The maximum absolute atomic E-state index is 12.2. The molecule has 0 saturated heterocycles. The highest BCUT2D eigenvalue weighted by Gasteiger charge is 2.19. The largest absolute Gasteiger partial charge is 0.300 e. The van der Waals surface area contributed by atoms with Gasteiger partial charge in [-0.05, 0) is 25.5 Å². The zero-order valence-corrected chi connectivity index (χ0v) is 12.4. The molecule has 0 fully saturated rings. The number of aryl methyl sites for hydroxylation is 1. The molecule has 0 bridgehead atoms. The van der Waals surface area contributed by atoms with E-state index in [1.54, 1.807) is 11.8 Å². The number of nitrogens with one attached hydrogen (secondary N) is 1. The Morgan fingerprint density at radius 3 is 2.68 bits per heavy atom. The molecule has 19 heavy (non-hydrogen) atoms. The fraction of sp³-hybridized carbons (Fsp3) is 0.308. The summed E-state index contributed by atoms with van der Waals surface area (Å²) in [6, 6.07) is 9.93. The van der Waals surface area contributed by atoms with Gasteiger partial charge in [-0.3, -0.25) is 10.1 Å². The molecule has 1 heterocycles. The average Bonchev–Trinajstić information content (AvgIpc) is 2.82. The maximum Gasteiger partial charge on any atom is 0.239 e. The summed E-state index contributed by atoms with van der Waals surface area (Å²) in [5.41, 5.74) is 0. The molecule has 0 spiro atoms. The number of nitrogens with zero attached hydrogens (tertiary/aromatic N) is 2. The van der Waals surface area contributed by atoms with Gasteiger partial charge in [0.15, 0.2) is 0 Å². The summed E-state index contributed by atoms with van der Waals surface area (Å²) < 4.78 is 0. The standard InChI is InChI=1S/C13H15N3OS2/c1-3-11(19-10-7-5-4-6-8-10)12(17)14-13-16-15-9(2)18-13/h4-8,11H,3H2,1-2H3,(H,14,16,17). The van der Waals surface area contributed by atoms with Crippen LogP contribution in [0.1, 0.15) is 18.4 Å². The molecule has 100 valence electrons. The van der Waals surface area contributed by atoms with Crippen LogP contribution in [0.2, 0.25) is 0 Å². The number of carbonyl (C=O) groups is 1. The smallest absolute Gasteiger partial charge is 0.239 e. The lowest BCUT2D eigenvalue weighted by atomic mass is 10.3. The number of hydrogen-bond donors (Lipinski definition) is 1.